The van der Waals surface area contributed by atoms with Crippen molar-refractivity contribution < 1.29 is 9.90 Å². The molecule has 1 aromatic heterocycles. The number of hydrazone groups is 1. The van der Waals surface area contributed by atoms with Gasteiger partial charge in [-0.25, -0.2) is 5.43 Å². The first kappa shape index (κ1) is 15.4. The molecule has 0 spiro atoms. The summed E-state index contributed by atoms with van der Waals surface area (Å²) in [6.45, 7) is 0. The van der Waals surface area contributed by atoms with E-state index in [1.807, 2.05) is 30.3 Å². The number of aromatic nitrogens is 1. The van der Waals surface area contributed by atoms with Crippen LogP contribution in [0.25, 0.3) is 0 Å². The zero-order chi connectivity index (χ0) is 16.8. The summed E-state index contributed by atoms with van der Waals surface area (Å²) in [5.41, 5.74) is 5.30. The first-order valence-electron chi connectivity index (χ1n) is 7.37. The minimum absolute atomic E-state index is 0.173. The summed E-state index contributed by atoms with van der Waals surface area (Å²) >= 11 is 0. The van der Waals surface area contributed by atoms with Gasteiger partial charge >= 0.3 is 0 Å². The molecule has 0 unspecified atom stereocenters. The normalized spacial score (nSPS) is 11.1. The van der Waals surface area contributed by atoms with E-state index in [0.29, 0.717) is 11.3 Å². The zero-order valence-corrected chi connectivity index (χ0v) is 12.8. The number of carbonyl (C=O) groups excluding carboxylic acids is 1. The van der Waals surface area contributed by atoms with E-state index in [9.17, 15) is 9.90 Å². The van der Waals surface area contributed by atoms with E-state index in [1.54, 1.807) is 48.8 Å². The molecule has 5 heteroatoms. The maximum absolute atomic E-state index is 12.2. The van der Waals surface area contributed by atoms with E-state index < -0.39 is 0 Å². The zero-order valence-electron chi connectivity index (χ0n) is 12.8. The number of carbonyl (C=O) groups is 1. The van der Waals surface area contributed by atoms with Gasteiger partial charge in [-0.3, -0.25) is 9.78 Å². The summed E-state index contributed by atoms with van der Waals surface area (Å²) in [4.78, 5) is 16.1. The molecule has 118 valence electrons. The lowest BCUT2D eigenvalue weighted by Crippen LogP contribution is -2.20. The molecule has 2 aromatic carbocycles. The smallest absolute Gasteiger partial charge is 0.271 e. The van der Waals surface area contributed by atoms with Crippen molar-refractivity contribution in [3.63, 3.8) is 0 Å². The Morgan fingerprint density at radius 3 is 2.12 bits per heavy atom. The second-order valence-corrected chi connectivity index (χ2v) is 5.05. The summed E-state index contributed by atoms with van der Waals surface area (Å²) in [7, 11) is 0. The Labute approximate surface area is 139 Å². The van der Waals surface area contributed by atoms with Gasteiger partial charge in [-0.05, 0) is 36.4 Å². The molecule has 0 saturated carbocycles. The lowest BCUT2D eigenvalue weighted by molar-refractivity contribution is 0.0955. The number of phenolic OH excluding ortho intramolecular Hbond substituents is 1. The Morgan fingerprint density at radius 2 is 1.46 bits per heavy atom. The molecule has 0 aliphatic rings. The van der Waals surface area contributed by atoms with Crippen molar-refractivity contribution in [2.24, 2.45) is 5.10 Å². The van der Waals surface area contributed by atoms with Crippen molar-refractivity contribution in [2.45, 2.75) is 0 Å². The molecule has 1 amide bonds. The fourth-order valence-electron chi connectivity index (χ4n) is 2.19. The van der Waals surface area contributed by atoms with Crippen molar-refractivity contribution in [1.82, 2.24) is 10.4 Å². The molecule has 0 aliphatic carbocycles. The Hall–Kier alpha value is -3.47. The lowest BCUT2D eigenvalue weighted by Gasteiger charge is -2.08. The van der Waals surface area contributed by atoms with Crippen LogP contribution in [0.3, 0.4) is 0 Å². The van der Waals surface area contributed by atoms with Crippen LogP contribution in [0.5, 0.6) is 5.75 Å². The summed E-state index contributed by atoms with van der Waals surface area (Å²) < 4.78 is 0. The summed E-state index contributed by atoms with van der Waals surface area (Å²) in [6, 6.07) is 19.4. The highest BCUT2D eigenvalue weighted by molar-refractivity contribution is 6.13. The number of rotatable bonds is 4. The maximum atomic E-state index is 12.2. The van der Waals surface area contributed by atoms with Crippen molar-refractivity contribution in [2.75, 3.05) is 0 Å². The first-order valence-corrected chi connectivity index (χ1v) is 7.37. The van der Waals surface area contributed by atoms with E-state index in [2.05, 4.69) is 15.5 Å². The average Bonchev–Trinajstić information content (AvgIpc) is 2.65. The van der Waals surface area contributed by atoms with Crippen molar-refractivity contribution in [3.8, 4) is 5.75 Å². The largest absolute Gasteiger partial charge is 0.508 e. The monoisotopic (exact) mass is 317 g/mol. The third kappa shape index (κ3) is 3.64. The number of nitrogens with zero attached hydrogens (tertiary/aromatic N) is 2. The highest BCUT2D eigenvalue weighted by Gasteiger charge is 2.09. The third-order valence-electron chi connectivity index (χ3n) is 3.40. The number of hydrogen-bond acceptors (Lipinski definition) is 4. The number of hydrogen-bond donors (Lipinski definition) is 2. The average molecular weight is 317 g/mol. The van der Waals surface area contributed by atoms with Crippen LogP contribution in [0.1, 0.15) is 21.5 Å². The van der Waals surface area contributed by atoms with Crippen LogP contribution in [0, 0.1) is 0 Å². The number of pyridine rings is 1. The van der Waals surface area contributed by atoms with Gasteiger partial charge in [0.1, 0.15) is 5.75 Å². The van der Waals surface area contributed by atoms with E-state index in [0.717, 1.165) is 11.1 Å². The van der Waals surface area contributed by atoms with Gasteiger partial charge in [-0.1, -0.05) is 30.3 Å². The molecular weight excluding hydrogens is 302 g/mol. The van der Waals surface area contributed by atoms with E-state index in [-0.39, 0.29) is 11.7 Å². The fraction of sp³-hybridized carbons (Fsp3) is 0. The third-order valence-corrected chi connectivity index (χ3v) is 3.40. The van der Waals surface area contributed by atoms with Gasteiger partial charge in [-0.15, -0.1) is 0 Å². The Balaban J connectivity index is 1.93. The van der Waals surface area contributed by atoms with Gasteiger partial charge in [-0.2, -0.15) is 5.10 Å². The van der Waals surface area contributed by atoms with Gasteiger partial charge < -0.3 is 5.11 Å². The second-order valence-electron chi connectivity index (χ2n) is 5.05. The van der Waals surface area contributed by atoms with Crippen LogP contribution >= 0.6 is 0 Å². The topological polar surface area (TPSA) is 74.6 Å². The molecule has 0 atom stereocenters. The summed E-state index contributed by atoms with van der Waals surface area (Å²) in [5.74, 6) is -0.142. The minimum Gasteiger partial charge on any atom is -0.508 e. The molecule has 3 aromatic rings. The maximum Gasteiger partial charge on any atom is 0.271 e. The van der Waals surface area contributed by atoms with Gasteiger partial charge in [0.25, 0.3) is 5.91 Å². The van der Waals surface area contributed by atoms with Gasteiger partial charge in [0.05, 0.1) is 5.71 Å². The van der Waals surface area contributed by atoms with E-state index in [1.165, 1.54) is 0 Å². The molecule has 5 nitrogen and oxygen atoms in total. The molecule has 0 aliphatic heterocycles. The summed E-state index contributed by atoms with van der Waals surface area (Å²) in [6.07, 6.45) is 3.10. The molecule has 0 fully saturated rings. The number of benzene rings is 2. The van der Waals surface area contributed by atoms with Crippen LogP contribution in [0.2, 0.25) is 0 Å². The number of nitrogens with one attached hydrogen (secondary N) is 1. The minimum atomic E-state index is -0.315. The molecule has 1 heterocycles. The quantitative estimate of drug-likeness (QED) is 0.574. The Morgan fingerprint density at radius 1 is 0.833 bits per heavy atom. The fourth-order valence-corrected chi connectivity index (χ4v) is 2.19. The van der Waals surface area contributed by atoms with Crippen LogP contribution < -0.4 is 5.43 Å². The standard InChI is InChI=1S/C19H15N3O2/c23-17-8-6-15(7-9-17)18(14-4-2-1-3-5-14)21-22-19(24)16-10-12-20-13-11-16/h1-13,23H,(H,22,24). The van der Waals surface area contributed by atoms with Gasteiger partial charge in [0.2, 0.25) is 0 Å². The Bertz CT molecular complexity index is 845. The van der Waals surface area contributed by atoms with Crippen LogP contribution in [-0.2, 0) is 0 Å². The Kier molecular flexibility index (Phi) is 4.62. The molecule has 0 saturated heterocycles. The van der Waals surface area contributed by atoms with Gasteiger partial charge in [0, 0.05) is 29.1 Å². The second kappa shape index (κ2) is 7.19. The molecule has 2 N–H and O–H groups in total. The molecule has 3 rings (SSSR count). The molecular formula is C19H15N3O2. The van der Waals surface area contributed by atoms with Crippen LogP contribution in [0.4, 0.5) is 0 Å². The first-order chi connectivity index (χ1) is 11.7. The van der Waals surface area contributed by atoms with Crippen molar-refractivity contribution in [1.29, 1.82) is 0 Å². The predicted octanol–water partition coefficient (Wildman–Crippen LogP) is 2.97. The van der Waals surface area contributed by atoms with Crippen molar-refractivity contribution in [3.05, 3.63) is 95.8 Å². The van der Waals surface area contributed by atoms with Crippen LogP contribution in [-0.4, -0.2) is 21.7 Å². The highest BCUT2D eigenvalue weighted by atomic mass is 16.3. The number of aromatic hydroxyl groups is 1. The van der Waals surface area contributed by atoms with Gasteiger partial charge in [0.15, 0.2) is 0 Å². The SMILES string of the molecule is O=C(NN=C(c1ccccc1)c1ccc(O)cc1)c1ccncc1. The predicted molar refractivity (Wildman–Crippen MR) is 91.9 cm³/mol. The number of amides is 1. The van der Waals surface area contributed by atoms with Crippen molar-refractivity contribution >= 4 is 11.6 Å². The number of phenols is 1. The molecule has 24 heavy (non-hydrogen) atoms. The summed E-state index contributed by atoms with van der Waals surface area (Å²) in [5, 5.41) is 13.7. The molecule has 0 bridgehead atoms. The molecule has 0 radical (unpaired) electrons. The van der Waals surface area contributed by atoms with E-state index in [4.69, 9.17) is 0 Å². The highest BCUT2D eigenvalue weighted by Crippen LogP contribution is 2.15. The van der Waals surface area contributed by atoms with E-state index >= 15 is 0 Å². The van der Waals surface area contributed by atoms with Crippen LogP contribution in [0.15, 0.2) is 84.2 Å². The lowest BCUT2D eigenvalue weighted by atomic mass is 10.0.